The molecule has 0 aliphatic rings. The number of nitriles is 1. The summed E-state index contributed by atoms with van der Waals surface area (Å²) in [4.78, 5) is 0.00697. The van der Waals surface area contributed by atoms with Gasteiger partial charge in [0.25, 0.3) is 0 Å². The van der Waals surface area contributed by atoms with Crippen LogP contribution in [0.4, 0.5) is 4.39 Å². The lowest BCUT2D eigenvalue weighted by Gasteiger charge is -2.11. The lowest BCUT2D eigenvalue weighted by Crippen LogP contribution is -2.09. The van der Waals surface area contributed by atoms with E-state index in [0.29, 0.717) is 16.9 Å². The number of hydrogen-bond acceptors (Lipinski definition) is 3. The summed E-state index contributed by atoms with van der Waals surface area (Å²) in [7, 11) is 0. The smallest absolute Gasteiger partial charge is 0.129 e. The normalized spacial score (nSPS) is 10.9. The molecule has 2 aromatic rings. The molecule has 0 heterocycles. The molecule has 0 atom stereocenters. The molecule has 0 aromatic heterocycles. The zero-order valence-corrected chi connectivity index (χ0v) is 14.3. The van der Waals surface area contributed by atoms with Gasteiger partial charge in [0, 0.05) is 15.6 Å². The van der Waals surface area contributed by atoms with Crippen LogP contribution in [0.25, 0.3) is 6.08 Å². The zero-order chi connectivity index (χ0) is 16.8. The maximum Gasteiger partial charge on any atom is 0.129 e. The first kappa shape index (κ1) is 17.1. The molecule has 2 aromatic carbocycles. The molecule has 0 radical (unpaired) electrons. The first-order valence-corrected chi connectivity index (χ1v) is 7.78. The van der Waals surface area contributed by atoms with E-state index < -0.39 is 0 Å². The summed E-state index contributed by atoms with van der Waals surface area (Å²) in [5, 5.41) is 9.07. The van der Waals surface area contributed by atoms with E-state index in [1.54, 1.807) is 42.5 Å². The van der Waals surface area contributed by atoms with E-state index in [4.69, 9.17) is 28.0 Å². The summed E-state index contributed by atoms with van der Waals surface area (Å²) in [6, 6.07) is 13.6. The van der Waals surface area contributed by atoms with Gasteiger partial charge < -0.3 is 10.5 Å². The minimum Gasteiger partial charge on any atom is -0.488 e. The highest BCUT2D eigenvalue weighted by Gasteiger charge is 2.08. The van der Waals surface area contributed by atoms with Gasteiger partial charge in [0.2, 0.25) is 0 Å². The van der Waals surface area contributed by atoms with Crippen molar-refractivity contribution in [3.63, 3.8) is 0 Å². The maximum atomic E-state index is 13.7. The number of ether oxygens (including phenoxy) is 1. The number of hydrogen-bond donors (Lipinski definition) is 1. The van der Waals surface area contributed by atoms with Crippen molar-refractivity contribution in [2.45, 2.75) is 6.61 Å². The van der Waals surface area contributed by atoms with E-state index in [1.165, 1.54) is 6.07 Å². The maximum absolute atomic E-state index is 13.7. The lowest BCUT2D eigenvalue weighted by molar-refractivity contribution is 0.299. The summed E-state index contributed by atoms with van der Waals surface area (Å²) in [5.41, 5.74) is 6.75. The second kappa shape index (κ2) is 7.86. The molecule has 3 nitrogen and oxygen atoms in total. The second-order valence-corrected chi connectivity index (χ2v) is 5.95. The van der Waals surface area contributed by atoms with Gasteiger partial charge in [-0.3, -0.25) is 0 Å². The van der Waals surface area contributed by atoms with Gasteiger partial charge in [0.1, 0.15) is 29.2 Å². The summed E-state index contributed by atoms with van der Waals surface area (Å²) in [5.74, 6) is 0.169. The average Bonchev–Trinajstić information content (AvgIpc) is 2.52. The Balaban J connectivity index is 2.31. The van der Waals surface area contributed by atoms with Crippen LogP contribution in [0.2, 0.25) is 0 Å². The van der Waals surface area contributed by atoms with Crippen LogP contribution in [0.15, 0.2) is 52.5 Å². The fraction of sp³-hybridized carbons (Fsp3) is 0.0588. The summed E-state index contributed by atoms with van der Waals surface area (Å²) in [6.45, 7) is 0.0735. The van der Waals surface area contributed by atoms with Crippen LogP contribution in [0.1, 0.15) is 11.1 Å². The number of nitrogens with two attached hydrogens (primary N) is 1. The highest BCUT2D eigenvalue weighted by atomic mass is 79.9. The molecule has 0 fully saturated rings. The standard InChI is InChI=1S/C17H12BrFN2OS/c18-14-5-6-16(12(8-14)7-13(9-20)17(21)23)22-10-11-3-1-2-4-15(11)19/h1-8H,10H2,(H2,21,23)/b13-7+. The van der Waals surface area contributed by atoms with Crippen LogP contribution in [-0.2, 0) is 6.61 Å². The third kappa shape index (κ3) is 4.62. The first-order valence-electron chi connectivity index (χ1n) is 6.58. The van der Waals surface area contributed by atoms with Crippen molar-refractivity contribution in [3.8, 4) is 11.8 Å². The Morgan fingerprint density at radius 2 is 2.09 bits per heavy atom. The molecule has 6 heteroatoms. The fourth-order valence-corrected chi connectivity index (χ4v) is 2.33. The molecule has 0 saturated carbocycles. The molecular formula is C17H12BrFN2OS. The lowest BCUT2D eigenvalue weighted by atomic mass is 10.1. The van der Waals surface area contributed by atoms with Crippen molar-refractivity contribution in [1.82, 2.24) is 0 Å². The minimum atomic E-state index is -0.331. The van der Waals surface area contributed by atoms with E-state index in [9.17, 15) is 4.39 Å². The van der Waals surface area contributed by atoms with Crippen LogP contribution in [0.5, 0.6) is 5.75 Å². The summed E-state index contributed by atoms with van der Waals surface area (Å²) >= 11 is 8.20. The van der Waals surface area contributed by atoms with Crippen molar-refractivity contribution in [1.29, 1.82) is 5.26 Å². The number of rotatable bonds is 5. The molecule has 2 N–H and O–H groups in total. The zero-order valence-electron chi connectivity index (χ0n) is 11.9. The van der Waals surface area contributed by atoms with Crippen molar-refractivity contribution in [2.24, 2.45) is 5.73 Å². The molecule has 0 saturated heterocycles. The van der Waals surface area contributed by atoms with Gasteiger partial charge in [-0.15, -0.1) is 0 Å². The molecule has 0 aliphatic heterocycles. The molecule has 0 bridgehead atoms. The Morgan fingerprint density at radius 3 is 2.74 bits per heavy atom. The predicted molar refractivity (Wildman–Crippen MR) is 95.2 cm³/mol. The van der Waals surface area contributed by atoms with Gasteiger partial charge in [-0.2, -0.15) is 5.26 Å². The molecular weight excluding hydrogens is 379 g/mol. The van der Waals surface area contributed by atoms with E-state index in [2.05, 4.69) is 15.9 Å². The Hall–Kier alpha value is -2.23. The first-order chi connectivity index (χ1) is 11.0. The fourth-order valence-electron chi connectivity index (χ4n) is 1.85. The van der Waals surface area contributed by atoms with Crippen LogP contribution in [0, 0.1) is 17.1 Å². The topological polar surface area (TPSA) is 59.0 Å². The number of benzene rings is 2. The molecule has 0 spiro atoms. The van der Waals surface area contributed by atoms with E-state index in [-0.39, 0.29) is 23.0 Å². The van der Waals surface area contributed by atoms with Crippen molar-refractivity contribution >= 4 is 39.2 Å². The molecule has 0 unspecified atom stereocenters. The van der Waals surface area contributed by atoms with Gasteiger partial charge in [0.05, 0.1) is 5.57 Å². The minimum absolute atomic E-state index is 0.00697. The molecule has 23 heavy (non-hydrogen) atoms. The Kier molecular flexibility index (Phi) is 5.85. The molecule has 2 rings (SSSR count). The monoisotopic (exact) mass is 390 g/mol. The predicted octanol–water partition coefficient (Wildman–Crippen LogP) is 4.36. The van der Waals surface area contributed by atoms with Crippen LogP contribution < -0.4 is 10.5 Å². The SMILES string of the molecule is N#C/C(=C\c1cc(Br)ccc1OCc1ccccc1F)C(N)=S. The van der Waals surface area contributed by atoms with Crippen molar-refractivity contribution < 1.29 is 9.13 Å². The number of thiocarbonyl (C=S) groups is 1. The van der Waals surface area contributed by atoms with Gasteiger partial charge in [-0.1, -0.05) is 46.3 Å². The molecule has 116 valence electrons. The van der Waals surface area contributed by atoms with E-state index in [0.717, 1.165) is 4.47 Å². The van der Waals surface area contributed by atoms with Crippen LogP contribution >= 0.6 is 28.1 Å². The van der Waals surface area contributed by atoms with Crippen LogP contribution in [-0.4, -0.2) is 4.99 Å². The molecule has 0 aliphatic carbocycles. The molecule has 0 amide bonds. The largest absolute Gasteiger partial charge is 0.488 e. The average molecular weight is 391 g/mol. The highest BCUT2D eigenvalue weighted by molar-refractivity contribution is 9.10. The summed E-state index contributed by atoms with van der Waals surface area (Å²) < 4.78 is 20.1. The Bertz CT molecular complexity index is 814. The van der Waals surface area contributed by atoms with Gasteiger partial charge >= 0.3 is 0 Å². The highest BCUT2D eigenvalue weighted by Crippen LogP contribution is 2.26. The quantitative estimate of drug-likeness (QED) is 0.468. The van der Waals surface area contributed by atoms with Gasteiger partial charge in [-0.05, 0) is 30.3 Å². The Labute approximate surface area is 147 Å². The number of halogens is 2. The van der Waals surface area contributed by atoms with Crippen LogP contribution in [0.3, 0.4) is 0 Å². The van der Waals surface area contributed by atoms with E-state index >= 15 is 0 Å². The third-order valence-corrected chi connectivity index (χ3v) is 3.71. The number of nitrogens with zero attached hydrogens (tertiary/aromatic N) is 1. The third-order valence-electron chi connectivity index (χ3n) is 3.00. The van der Waals surface area contributed by atoms with Gasteiger partial charge in [-0.25, -0.2) is 4.39 Å². The van der Waals surface area contributed by atoms with Gasteiger partial charge in [0.15, 0.2) is 0 Å². The Morgan fingerprint density at radius 1 is 1.35 bits per heavy atom. The van der Waals surface area contributed by atoms with Crippen molar-refractivity contribution in [2.75, 3.05) is 0 Å². The van der Waals surface area contributed by atoms with Crippen molar-refractivity contribution in [3.05, 3.63) is 69.5 Å². The summed E-state index contributed by atoms with van der Waals surface area (Å²) in [6.07, 6.45) is 1.55. The van der Waals surface area contributed by atoms with E-state index in [1.807, 2.05) is 6.07 Å². The second-order valence-electron chi connectivity index (χ2n) is 4.60.